The smallest absolute Gasteiger partial charge is 0.135 e. The van der Waals surface area contributed by atoms with Gasteiger partial charge in [0.1, 0.15) is 5.78 Å². The largest absolute Gasteiger partial charge is 0.396 e. The second-order valence-electron chi connectivity index (χ2n) is 13.1. The molecule has 0 radical (unpaired) electrons. The van der Waals surface area contributed by atoms with Gasteiger partial charge in [-0.15, -0.1) is 0 Å². The van der Waals surface area contributed by atoms with Crippen molar-refractivity contribution >= 4 is 5.78 Å². The highest BCUT2D eigenvalue weighted by Gasteiger charge is 2.74. The summed E-state index contributed by atoms with van der Waals surface area (Å²) in [6.45, 7) is 13.9. The maximum absolute atomic E-state index is 12.7. The van der Waals surface area contributed by atoms with Crippen LogP contribution in [0.1, 0.15) is 112 Å². The molecule has 4 fully saturated rings. The summed E-state index contributed by atoms with van der Waals surface area (Å²) in [5, 5.41) is 34.5. The van der Waals surface area contributed by atoms with Gasteiger partial charge in [0.05, 0.1) is 11.2 Å². The third-order valence-corrected chi connectivity index (χ3v) is 12.5. The zero-order valence-electron chi connectivity index (χ0n) is 22.8. The van der Waals surface area contributed by atoms with Crippen molar-refractivity contribution in [3.05, 3.63) is 0 Å². The zero-order chi connectivity index (χ0) is 25.1. The van der Waals surface area contributed by atoms with E-state index in [-0.39, 0.29) is 35.1 Å². The first-order valence-corrected chi connectivity index (χ1v) is 14.6. The predicted molar refractivity (Wildman–Crippen MR) is 136 cm³/mol. The Labute approximate surface area is 208 Å². The van der Waals surface area contributed by atoms with E-state index in [9.17, 15) is 20.1 Å². The van der Waals surface area contributed by atoms with Crippen LogP contribution in [-0.4, -0.2) is 38.9 Å². The van der Waals surface area contributed by atoms with Crippen LogP contribution in [0, 0.1) is 52.3 Å². The summed E-state index contributed by atoms with van der Waals surface area (Å²) in [5.41, 5.74) is -2.03. The van der Waals surface area contributed by atoms with Crippen LogP contribution in [-0.2, 0) is 4.79 Å². The quantitative estimate of drug-likeness (QED) is 0.436. The van der Waals surface area contributed by atoms with Crippen LogP contribution in [0.4, 0.5) is 0 Å². The summed E-state index contributed by atoms with van der Waals surface area (Å²) in [6, 6.07) is 0. The van der Waals surface area contributed by atoms with Crippen molar-refractivity contribution in [3.63, 3.8) is 0 Å². The second kappa shape index (κ2) is 9.14. The molecule has 0 aromatic carbocycles. The van der Waals surface area contributed by atoms with E-state index < -0.39 is 11.2 Å². The fourth-order valence-corrected chi connectivity index (χ4v) is 11.2. The third-order valence-electron chi connectivity index (χ3n) is 12.5. The summed E-state index contributed by atoms with van der Waals surface area (Å²) in [7, 11) is 0. The highest BCUT2D eigenvalue weighted by atomic mass is 16.3. The Kier molecular flexibility index (Phi) is 7.15. The van der Waals surface area contributed by atoms with Gasteiger partial charge < -0.3 is 15.3 Å². The molecule has 0 bridgehead atoms. The molecule has 0 aromatic rings. The Hall–Kier alpha value is -0.450. The number of fused-ring (bicyclic) bond motifs is 5. The number of carbonyl (C=O) groups is 1. The van der Waals surface area contributed by atoms with Gasteiger partial charge in [-0.2, -0.15) is 0 Å². The summed E-state index contributed by atoms with van der Waals surface area (Å²) in [4.78, 5) is 12.7. The van der Waals surface area contributed by atoms with E-state index >= 15 is 0 Å². The lowest BCUT2D eigenvalue weighted by Crippen LogP contribution is -2.69. The van der Waals surface area contributed by atoms with Crippen LogP contribution < -0.4 is 0 Å². The van der Waals surface area contributed by atoms with Crippen LogP contribution in [0.3, 0.4) is 0 Å². The summed E-state index contributed by atoms with van der Waals surface area (Å²) in [5.74, 6) is 2.81. The fourth-order valence-electron chi connectivity index (χ4n) is 11.2. The Bertz CT molecular complexity index is 767. The molecule has 0 aromatic heterocycles. The van der Waals surface area contributed by atoms with Gasteiger partial charge in [-0.1, -0.05) is 67.2 Å². The maximum Gasteiger partial charge on any atom is 0.135 e. The normalized spacial score (nSPS) is 52.7. The van der Waals surface area contributed by atoms with Crippen molar-refractivity contribution in [2.75, 3.05) is 6.61 Å². The molecular formula is C30H52O4. The van der Waals surface area contributed by atoms with E-state index in [1.54, 1.807) is 0 Å². The van der Waals surface area contributed by atoms with Crippen molar-refractivity contribution in [1.82, 2.24) is 0 Å². The van der Waals surface area contributed by atoms with Gasteiger partial charge in [0, 0.05) is 24.9 Å². The predicted octanol–water partition coefficient (Wildman–Crippen LogP) is 5.76. The maximum atomic E-state index is 12.7. The first kappa shape index (κ1) is 26.6. The Morgan fingerprint density at radius 3 is 2.09 bits per heavy atom. The number of aliphatic hydroxyl groups is 3. The molecule has 6 unspecified atom stereocenters. The average molecular weight is 477 g/mol. The lowest BCUT2D eigenvalue weighted by molar-refractivity contribution is -0.261. The molecule has 196 valence electrons. The van der Waals surface area contributed by atoms with Gasteiger partial charge in [0.25, 0.3) is 0 Å². The topological polar surface area (TPSA) is 77.8 Å². The molecule has 4 rings (SSSR count). The minimum absolute atomic E-state index is 0.136. The molecule has 3 N–H and O–H groups in total. The molecule has 0 aliphatic heterocycles. The van der Waals surface area contributed by atoms with Gasteiger partial charge in [0.2, 0.25) is 0 Å². The number of ketones is 1. The molecule has 34 heavy (non-hydrogen) atoms. The highest BCUT2D eigenvalue weighted by molar-refractivity contribution is 5.81. The SMILES string of the molecule is CCC1C(CC)C2(O)CC(=O)CC[C@]2(C)[C@@H]2CC[C@@]3(C)[C@@H](C(CC)C(CC)C3(O)CCCO)[C@H]12. The number of rotatable bonds is 7. The Morgan fingerprint density at radius 2 is 1.53 bits per heavy atom. The minimum atomic E-state index is -0.898. The van der Waals surface area contributed by atoms with E-state index in [1.165, 1.54) is 0 Å². The first-order chi connectivity index (χ1) is 16.0. The third kappa shape index (κ3) is 3.23. The lowest BCUT2D eigenvalue weighted by Gasteiger charge is -2.69. The van der Waals surface area contributed by atoms with Gasteiger partial charge in [0.15, 0.2) is 0 Å². The van der Waals surface area contributed by atoms with Gasteiger partial charge in [-0.25, -0.2) is 0 Å². The van der Waals surface area contributed by atoms with Gasteiger partial charge >= 0.3 is 0 Å². The molecule has 0 amide bonds. The summed E-state index contributed by atoms with van der Waals surface area (Å²) >= 11 is 0. The van der Waals surface area contributed by atoms with Crippen LogP contribution in [0.2, 0.25) is 0 Å². The van der Waals surface area contributed by atoms with E-state index in [2.05, 4.69) is 41.5 Å². The summed E-state index contributed by atoms with van der Waals surface area (Å²) < 4.78 is 0. The van der Waals surface area contributed by atoms with Crippen molar-refractivity contribution in [1.29, 1.82) is 0 Å². The molecule has 4 heteroatoms. The van der Waals surface area contributed by atoms with Crippen molar-refractivity contribution in [3.8, 4) is 0 Å². The molecule has 4 saturated carbocycles. The minimum Gasteiger partial charge on any atom is -0.396 e. The fraction of sp³-hybridized carbons (Fsp3) is 0.967. The van der Waals surface area contributed by atoms with Crippen molar-refractivity contribution in [2.45, 2.75) is 123 Å². The second-order valence-corrected chi connectivity index (χ2v) is 13.1. The van der Waals surface area contributed by atoms with Crippen molar-refractivity contribution in [2.24, 2.45) is 52.3 Å². The molecule has 4 nitrogen and oxygen atoms in total. The van der Waals surface area contributed by atoms with Crippen LogP contribution in [0.5, 0.6) is 0 Å². The molecular weight excluding hydrogens is 424 g/mol. The number of aliphatic hydroxyl groups excluding tert-OH is 1. The average Bonchev–Trinajstić information content (AvgIpc) is 3.00. The molecule has 0 saturated heterocycles. The van der Waals surface area contributed by atoms with E-state index in [4.69, 9.17) is 0 Å². The van der Waals surface area contributed by atoms with Gasteiger partial charge in [-0.3, -0.25) is 4.79 Å². The monoisotopic (exact) mass is 476 g/mol. The van der Waals surface area contributed by atoms with E-state index in [0.717, 1.165) is 44.9 Å². The number of hydrogen-bond donors (Lipinski definition) is 3. The van der Waals surface area contributed by atoms with Crippen LogP contribution in [0.15, 0.2) is 0 Å². The highest BCUT2D eigenvalue weighted by Crippen LogP contribution is 2.74. The summed E-state index contributed by atoms with van der Waals surface area (Å²) in [6.07, 6.45) is 9.11. The van der Waals surface area contributed by atoms with E-state index in [1.807, 2.05) is 0 Å². The Morgan fingerprint density at radius 1 is 0.882 bits per heavy atom. The van der Waals surface area contributed by atoms with Crippen LogP contribution >= 0.6 is 0 Å². The van der Waals surface area contributed by atoms with E-state index in [0.29, 0.717) is 55.3 Å². The molecule has 11 atom stereocenters. The van der Waals surface area contributed by atoms with Crippen LogP contribution in [0.25, 0.3) is 0 Å². The lowest BCUT2D eigenvalue weighted by atomic mass is 9.37. The molecule has 0 spiro atoms. The number of Topliss-reactive ketones (excluding diaryl/α,β-unsaturated/α-hetero) is 1. The van der Waals surface area contributed by atoms with Gasteiger partial charge in [-0.05, 0) is 78.9 Å². The number of carbonyl (C=O) groups excluding carboxylic acids is 1. The van der Waals surface area contributed by atoms with Crippen molar-refractivity contribution < 1.29 is 20.1 Å². The molecule has 0 heterocycles. The number of hydrogen-bond acceptors (Lipinski definition) is 4. The standard InChI is InChI=1S/C30H52O4/c1-7-20-22(9-3)30(34)18-19(32)12-15-27(30,5)24-13-16-28(6)26(25(20)24)21(8-2)23(10-4)29(28,33)14-11-17-31/h20-26,31,33-34H,7-18H2,1-6H3/t20?,21?,22?,23?,24-,25-,26+,27-,28+,29?,30?/m1/s1. The Balaban J connectivity index is 1.87. The zero-order valence-corrected chi connectivity index (χ0v) is 22.8. The molecule has 4 aliphatic rings. The molecule has 4 aliphatic carbocycles. The first-order valence-electron chi connectivity index (χ1n) is 14.6.